The van der Waals surface area contributed by atoms with Crippen molar-refractivity contribution in [1.29, 1.82) is 0 Å². The number of carbonyl (C=O) groups excluding carboxylic acids is 1. The van der Waals surface area contributed by atoms with Gasteiger partial charge < -0.3 is 14.6 Å². The molecule has 14 heteroatoms. The van der Waals surface area contributed by atoms with Gasteiger partial charge in [0, 0.05) is 28.9 Å². The van der Waals surface area contributed by atoms with Gasteiger partial charge in [0.2, 0.25) is 0 Å². The topological polar surface area (TPSA) is 106 Å². The highest BCUT2D eigenvalue weighted by atomic mass is 35.5. The SMILES string of the molecule is COc1cc2c(cc1[N+](=O)[O-])CN(C(=O)c1c(Sc3c(Cl)cccc3Cl)cc(C(F)(F)Cl)[nH]c1=O)C2. The molecule has 1 amide bonds. The van der Waals surface area contributed by atoms with E-state index in [0.717, 1.165) is 17.8 Å². The minimum atomic E-state index is -3.92. The highest BCUT2D eigenvalue weighted by Gasteiger charge is 2.35. The van der Waals surface area contributed by atoms with Gasteiger partial charge in [-0.15, -0.1) is 0 Å². The molecule has 0 saturated heterocycles. The number of methoxy groups -OCH3 is 1. The maximum atomic E-state index is 13.9. The number of alkyl halides is 3. The van der Waals surface area contributed by atoms with Crippen LogP contribution in [0.3, 0.4) is 0 Å². The molecule has 0 bridgehead atoms. The van der Waals surface area contributed by atoms with Gasteiger partial charge in [-0.25, -0.2) is 0 Å². The second kappa shape index (κ2) is 9.89. The van der Waals surface area contributed by atoms with Gasteiger partial charge in [-0.2, -0.15) is 8.78 Å². The second-order valence-corrected chi connectivity index (χ2v) is 9.95. The zero-order valence-corrected chi connectivity index (χ0v) is 21.2. The molecule has 4 rings (SSSR count). The number of amides is 1. The lowest BCUT2D eigenvalue weighted by Gasteiger charge is -2.19. The van der Waals surface area contributed by atoms with Gasteiger partial charge in [-0.1, -0.05) is 41.0 Å². The minimum absolute atomic E-state index is 0.00628. The van der Waals surface area contributed by atoms with Crippen LogP contribution in [-0.4, -0.2) is 27.8 Å². The number of nitro benzene ring substituents is 1. The number of halogens is 5. The first-order chi connectivity index (χ1) is 16.9. The summed E-state index contributed by atoms with van der Waals surface area (Å²) in [6.07, 6.45) is 0. The number of hydrogen-bond donors (Lipinski definition) is 1. The number of aromatic nitrogens is 1. The molecular formula is C22H14Cl3F2N3O5S. The lowest BCUT2D eigenvalue weighted by atomic mass is 10.1. The van der Waals surface area contributed by atoms with Crippen molar-refractivity contribution in [3.05, 3.63) is 89.3 Å². The monoisotopic (exact) mass is 575 g/mol. The molecule has 1 aliphatic rings. The number of nitro groups is 1. The number of nitrogens with one attached hydrogen (secondary N) is 1. The molecule has 0 aliphatic carbocycles. The normalized spacial score (nSPS) is 13.0. The third kappa shape index (κ3) is 5.01. The Kier molecular flexibility index (Phi) is 7.20. The van der Waals surface area contributed by atoms with Gasteiger partial charge >= 0.3 is 11.1 Å². The largest absolute Gasteiger partial charge is 0.490 e. The number of H-pyrrole nitrogens is 1. The molecule has 0 spiro atoms. The summed E-state index contributed by atoms with van der Waals surface area (Å²) in [6, 6.07) is 8.23. The first kappa shape index (κ1) is 26.2. The van der Waals surface area contributed by atoms with E-state index in [1.165, 1.54) is 36.3 Å². The molecule has 8 nitrogen and oxygen atoms in total. The fourth-order valence-electron chi connectivity index (χ4n) is 3.68. The van der Waals surface area contributed by atoms with E-state index in [2.05, 4.69) is 0 Å². The predicted octanol–water partition coefficient (Wildman–Crippen LogP) is 6.19. The van der Waals surface area contributed by atoms with E-state index in [-0.39, 0.29) is 44.4 Å². The van der Waals surface area contributed by atoms with Crippen LogP contribution in [0, 0.1) is 10.1 Å². The quantitative estimate of drug-likeness (QED) is 0.213. The predicted molar refractivity (Wildman–Crippen MR) is 131 cm³/mol. The summed E-state index contributed by atoms with van der Waals surface area (Å²) in [6.45, 7) is -0.0465. The average molecular weight is 577 g/mol. The number of ether oxygens (including phenoxy) is 1. The summed E-state index contributed by atoms with van der Waals surface area (Å²) in [5, 5.41) is 7.79. The van der Waals surface area contributed by atoms with E-state index >= 15 is 0 Å². The number of nitrogens with zero attached hydrogens (tertiary/aromatic N) is 2. The maximum absolute atomic E-state index is 13.9. The van der Waals surface area contributed by atoms with E-state index in [4.69, 9.17) is 39.5 Å². The standard InChI is InChI=1S/C22H14Cl3F2N3O5S/c1-35-15-6-11-9-29(8-10(11)5-14(15)30(33)34)21(32)18-16(7-17(22(25,26)27)28-20(18)31)36-19-12(23)3-2-4-13(19)24/h2-7H,8-9H2,1H3,(H,28,31). The highest BCUT2D eigenvalue weighted by Crippen LogP contribution is 2.42. The summed E-state index contributed by atoms with van der Waals surface area (Å²) in [5.74, 6) is -0.770. The van der Waals surface area contributed by atoms with E-state index in [0.29, 0.717) is 11.1 Å². The fourth-order valence-corrected chi connectivity index (χ4v) is 5.43. The molecule has 0 atom stereocenters. The van der Waals surface area contributed by atoms with E-state index in [9.17, 15) is 28.5 Å². The Morgan fingerprint density at radius 3 is 2.36 bits per heavy atom. The summed E-state index contributed by atoms with van der Waals surface area (Å²) in [5.41, 5.74) is -1.66. The highest BCUT2D eigenvalue weighted by molar-refractivity contribution is 7.99. The lowest BCUT2D eigenvalue weighted by Crippen LogP contribution is -2.32. The van der Waals surface area contributed by atoms with Gasteiger partial charge in [0.1, 0.15) is 11.3 Å². The molecule has 0 unspecified atom stereocenters. The number of hydrogen-bond acceptors (Lipinski definition) is 6. The van der Waals surface area contributed by atoms with Crippen LogP contribution >= 0.6 is 46.6 Å². The van der Waals surface area contributed by atoms with Gasteiger partial charge in [-0.05, 0) is 47.0 Å². The third-order valence-corrected chi connectivity index (χ3v) is 7.60. The summed E-state index contributed by atoms with van der Waals surface area (Å²) >= 11 is 18.3. The first-order valence-corrected chi connectivity index (χ1v) is 12.0. The average Bonchev–Trinajstić information content (AvgIpc) is 3.22. The van der Waals surface area contributed by atoms with Crippen molar-refractivity contribution in [2.45, 2.75) is 28.3 Å². The Labute approximate surface area is 221 Å². The van der Waals surface area contributed by atoms with Crippen LogP contribution in [-0.2, 0) is 18.5 Å². The molecule has 0 radical (unpaired) electrons. The molecule has 1 aliphatic heterocycles. The van der Waals surface area contributed by atoms with Crippen molar-refractivity contribution in [1.82, 2.24) is 9.88 Å². The Bertz CT molecular complexity index is 1440. The fraction of sp³-hybridized carbons (Fsp3) is 0.182. The Morgan fingerprint density at radius 1 is 1.19 bits per heavy atom. The van der Waals surface area contributed by atoms with Crippen LogP contribution in [0.5, 0.6) is 5.75 Å². The molecule has 36 heavy (non-hydrogen) atoms. The zero-order chi connectivity index (χ0) is 26.4. The summed E-state index contributed by atoms with van der Waals surface area (Å²) < 4.78 is 32.8. The van der Waals surface area contributed by atoms with Crippen molar-refractivity contribution in [3.63, 3.8) is 0 Å². The van der Waals surface area contributed by atoms with Gasteiger partial charge in [-0.3, -0.25) is 19.7 Å². The Morgan fingerprint density at radius 2 is 1.81 bits per heavy atom. The summed E-state index contributed by atoms with van der Waals surface area (Å²) in [7, 11) is 1.28. The molecule has 1 N–H and O–H groups in total. The molecule has 2 heterocycles. The van der Waals surface area contributed by atoms with Crippen LogP contribution in [0.15, 0.2) is 51.0 Å². The number of aromatic amines is 1. The smallest absolute Gasteiger partial charge is 0.362 e. The molecule has 0 saturated carbocycles. The van der Waals surface area contributed by atoms with Crippen molar-refractivity contribution in [2.75, 3.05) is 7.11 Å². The van der Waals surface area contributed by atoms with Gasteiger partial charge in [0.05, 0.1) is 22.1 Å². The number of fused-ring (bicyclic) bond motifs is 1. The van der Waals surface area contributed by atoms with Crippen LogP contribution in [0.4, 0.5) is 14.5 Å². The van der Waals surface area contributed by atoms with E-state index < -0.39 is 33.0 Å². The summed E-state index contributed by atoms with van der Waals surface area (Å²) in [4.78, 5) is 40.5. The Balaban J connectivity index is 1.78. The molecule has 2 aromatic carbocycles. The van der Waals surface area contributed by atoms with Crippen molar-refractivity contribution < 1.29 is 23.2 Å². The molecule has 3 aromatic rings. The molecule has 188 valence electrons. The van der Waals surface area contributed by atoms with Crippen molar-refractivity contribution in [2.24, 2.45) is 0 Å². The molecule has 1 aromatic heterocycles. The first-order valence-electron chi connectivity index (χ1n) is 10.0. The third-order valence-electron chi connectivity index (χ3n) is 5.35. The van der Waals surface area contributed by atoms with Gasteiger partial charge in [0.25, 0.3) is 11.5 Å². The van der Waals surface area contributed by atoms with Crippen molar-refractivity contribution >= 4 is 58.2 Å². The lowest BCUT2D eigenvalue weighted by molar-refractivity contribution is -0.385. The number of benzene rings is 2. The van der Waals surface area contributed by atoms with E-state index in [1.54, 1.807) is 6.07 Å². The number of carbonyl (C=O) groups is 1. The number of rotatable bonds is 6. The van der Waals surface area contributed by atoms with Crippen LogP contribution in [0.1, 0.15) is 27.2 Å². The van der Waals surface area contributed by atoms with Crippen molar-refractivity contribution in [3.8, 4) is 5.75 Å². The van der Waals surface area contributed by atoms with E-state index in [1.807, 2.05) is 4.98 Å². The number of pyridine rings is 1. The second-order valence-electron chi connectivity index (χ2n) is 7.61. The Hall–Kier alpha value is -2.86. The molecule has 0 fully saturated rings. The van der Waals surface area contributed by atoms with Crippen LogP contribution < -0.4 is 10.3 Å². The van der Waals surface area contributed by atoms with Gasteiger partial charge in [0.15, 0.2) is 5.75 Å². The molecular weight excluding hydrogens is 563 g/mol. The van der Waals surface area contributed by atoms with Crippen LogP contribution in [0.25, 0.3) is 0 Å². The minimum Gasteiger partial charge on any atom is -0.490 e. The maximum Gasteiger partial charge on any atom is 0.362 e. The van der Waals surface area contributed by atoms with Crippen LogP contribution in [0.2, 0.25) is 10.0 Å². The zero-order valence-electron chi connectivity index (χ0n) is 18.1.